The molecule has 2 aromatic rings. The number of aromatic nitrogens is 1. The van der Waals surface area contributed by atoms with Gasteiger partial charge in [0.25, 0.3) is 0 Å². The maximum absolute atomic E-state index is 12.8. The molecule has 142 valence electrons. The molecule has 0 radical (unpaired) electrons. The standard InChI is InChI=1S/C16H18F4N4S2/c1-21-15(23-9-14-24-13(10-26-14)16(18,19)20)22-7-2-8-25-12-5-3-11(17)4-6-12/h3-6,10H,2,7-9H2,1H3,(H2,21,22,23). The maximum atomic E-state index is 12.8. The number of hydrogen-bond donors (Lipinski definition) is 2. The van der Waals surface area contributed by atoms with Gasteiger partial charge in [0.05, 0.1) is 6.54 Å². The number of benzene rings is 1. The van der Waals surface area contributed by atoms with E-state index in [2.05, 4.69) is 20.6 Å². The van der Waals surface area contributed by atoms with Gasteiger partial charge in [0, 0.05) is 23.9 Å². The van der Waals surface area contributed by atoms with E-state index in [9.17, 15) is 17.6 Å². The highest BCUT2D eigenvalue weighted by Crippen LogP contribution is 2.29. The van der Waals surface area contributed by atoms with Gasteiger partial charge in [0.15, 0.2) is 11.7 Å². The first-order valence-corrected chi connectivity index (χ1v) is 9.59. The number of thioether (sulfide) groups is 1. The summed E-state index contributed by atoms with van der Waals surface area (Å²) >= 11 is 2.57. The van der Waals surface area contributed by atoms with Gasteiger partial charge in [0.1, 0.15) is 10.8 Å². The van der Waals surface area contributed by atoms with E-state index in [-0.39, 0.29) is 12.4 Å². The summed E-state index contributed by atoms with van der Waals surface area (Å²) in [5.41, 5.74) is -0.875. The van der Waals surface area contributed by atoms with Gasteiger partial charge in [0.2, 0.25) is 0 Å². The summed E-state index contributed by atoms with van der Waals surface area (Å²) < 4.78 is 50.4. The van der Waals surface area contributed by atoms with Crippen LogP contribution in [0.3, 0.4) is 0 Å². The molecule has 0 aliphatic carbocycles. The molecule has 0 atom stereocenters. The van der Waals surface area contributed by atoms with Crippen molar-refractivity contribution in [3.63, 3.8) is 0 Å². The predicted molar refractivity (Wildman–Crippen MR) is 97.1 cm³/mol. The lowest BCUT2D eigenvalue weighted by Crippen LogP contribution is -2.37. The van der Waals surface area contributed by atoms with Gasteiger partial charge >= 0.3 is 6.18 Å². The number of hydrogen-bond acceptors (Lipinski definition) is 4. The van der Waals surface area contributed by atoms with Crippen LogP contribution in [0.5, 0.6) is 0 Å². The van der Waals surface area contributed by atoms with Gasteiger partial charge in [-0.15, -0.1) is 23.1 Å². The summed E-state index contributed by atoms with van der Waals surface area (Å²) in [6.45, 7) is 0.824. The lowest BCUT2D eigenvalue weighted by molar-refractivity contribution is -0.140. The highest BCUT2D eigenvalue weighted by atomic mass is 32.2. The van der Waals surface area contributed by atoms with Crippen molar-refractivity contribution >= 4 is 29.1 Å². The van der Waals surface area contributed by atoms with Crippen molar-refractivity contribution in [2.24, 2.45) is 4.99 Å². The Morgan fingerprint density at radius 3 is 2.58 bits per heavy atom. The lowest BCUT2D eigenvalue weighted by Gasteiger charge is -2.10. The molecule has 26 heavy (non-hydrogen) atoms. The molecule has 1 aromatic carbocycles. The van der Waals surface area contributed by atoms with Gasteiger partial charge in [-0.25, -0.2) is 9.37 Å². The van der Waals surface area contributed by atoms with Crippen LogP contribution >= 0.6 is 23.1 Å². The first kappa shape index (κ1) is 20.5. The topological polar surface area (TPSA) is 49.3 Å². The van der Waals surface area contributed by atoms with Crippen LogP contribution in [-0.2, 0) is 12.7 Å². The molecule has 2 N–H and O–H groups in total. The Kier molecular flexibility index (Phi) is 7.70. The number of halogens is 4. The number of thiazole rings is 1. The molecule has 0 amide bonds. The lowest BCUT2D eigenvalue weighted by atomic mass is 10.4. The van der Waals surface area contributed by atoms with Gasteiger partial charge in [-0.3, -0.25) is 4.99 Å². The molecule has 0 bridgehead atoms. The van der Waals surface area contributed by atoms with E-state index in [1.165, 1.54) is 12.1 Å². The second-order valence-corrected chi connectivity index (χ2v) is 7.24. The Labute approximate surface area is 157 Å². The normalized spacial score (nSPS) is 12.3. The highest BCUT2D eigenvalue weighted by molar-refractivity contribution is 7.99. The van der Waals surface area contributed by atoms with Crippen molar-refractivity contribution in [2.45, 2.75) is 24.0 Å². The number of nitrogens with zero attached hydrogens (tertiary/aromatic N) is 2. The van der Waals surface area contributed by atoms with E-state index < -0.39 is 11.9 Å². The van der Waals surface area contributed by atoms with Crippen molar-refractivity contribution in [3.8, 4) is 0 Å². The minimum absolute atomic E-state index is 0.171. The Hall–Kier alpha value is -1.81. The number of nitrogens with one attached hydrogen (secondary N) is 2. The number of aliphatic imine (C=N–C) groups is 1. The van der Waals surface area contributed by atoms with Crippen LogP contribution < -0.4 is 10.6 Å². The summed E-state index contributed by atoms with van der Waals surface area (Å²) in [7, 11) is 1.59. The molecule has 0 aliphatic rings. The summed E-state index contributed by atoms with van der Waals surface area (Å²) in [6.07, 6.45) is -3.57. The molecule has 4 nitrogen and oxygen atoms in total. The van der Waals surface area contributed by atoms with Crippen molar-refractivity contribution in [3.05, 3.63) is 46.2 Å². The smallest absolute Gasteiger partial charge is 0.356 e. The molecular weight excluding hydrogens is 388 g/mol. The number of rotatable bonds is 7. The average molecular weight is 406 g/mol. The van der Waals surface area contributed by atoms with Crippen molar-refractivity contribution in [2.75, 3.05) is 19.3 Å². The first-order chi connectivity index (χ1) is 12.4. The molecule has 1 heterocycles. The average Bonchev–Trinajstić information content (AvgIpc) is 3.08. The third-order valence-corrected chi connectivity index (χ3v) is 5.12. The molecule has 2 rings (SSSR count). The van der Waals surface area contributed by atoms with E-state index in [0.717, 1.165) is 33.8 Å². The molecular formula is C16H18F4N4S2. The Morgan fingerprint density at radius 2 is 1.96 bits per heavy atom. The summed E-state index contributed by atoms with van der Waals surface area (Å²) in [4.78, 5) is 8.58. The van der Waals surface area contributed by atoms with Crippen LogP contribution in [0.15, 0.2) is 39.5 Å². The van der Waals surface area contributed by atoms with Crippen LogP contribution in [0.4, 0.5) is 17.6 Å². The molecule has 0 saturated carbocycles. The Bertz CT molecular complexity index is 714. The molecule has 0 unspecified atom stereocenters. The quantitative estimate of drug-likeness (QED) is 0.238. The zero-order valence-corrected chi connectivity index (χ0v) is 15.6. The monoisotopic (exact) mass is 406 g/mol. The van der Waals surface area contributed by atoms with Gasteiger partial charge < -0.3 is 10.6 Å². The van der Waals surface area contributed by atoms with Crippen molar-refractivity contribution < 1.29 is 17.6 Å². The van der Waals surface area contributed by atoms with E-state index in [0.29, 0.717) is 17.5 Å². The zero-order chi connectivity index (χ0) is 19.0. The Balaban J connectivity index is 1.66. The SMILES string of the molecule is CN=C(NCCCSc1ccc(F)cc1)NCc1nc(C(F)(F)F)cs1. The van der Waals surface area contributed by atoms with Crippen LogP contribution in [0.1, 0.15) is 17.1 Å². The van der Waals surface area contributed by atoms with Crippen molar-refractivity contribution in [1.29, 1.82) is 0 Å². The maximum Gasteiger partial charge on any atom is 0.434 e. The van der Waals surface area contributed by atoms with E-state index >= 15 is 0 Å². The van der Waals surface area contributed by atoms with Gasteiger partial charge in [-0.2, -0.15) is 13.2 Å². The van der Waals surface area contributed by atoms with Crippen LogP contribution in [-0.4, -0.2) is 30.3 Å². The number of guanidine groups is 1. The Morgan fingerprint density at radius 1 is 1.23 bits per heavy atom. The number of alkyl halides is 3. The minimum Gasteiger partial charge on any atom is -0.356 e. The van der Waals surface area contributed by atoms with Crippen LogP contribution in [0, 0.1) is 5.82 Å². The fraction of sp³-hybridized carbons (Fsp3) is 0.375. The van der Waals surface area contributed by atoms with Gasteiger partial charge in [-0.05, 0) is 36.4 Å². The van der Waals surface area contributed by atoms with Crippen LogP contribution in [0.25, 0.3) is 0 Å². The summed E-state index contributed by atoms with van der Waals surface area (Å²) in [5.74, 6) is 1.09. The molecule has 0 spiro atoms. The fourth-order valence-electron chi connectivity index (χ4n) is 1.90. The molecule has 10 heteroatoms. The zero-order valence-electron chi connectivity index (χ0n) is 13.9. The van der Waals surface area contributed by atoms with Crippen molar-refractivity contribution in [1.82, 2.24) is 15.6 Å². The molecule has 0 fully saturated rings. The van der Waals surface area contributed by atoms with Gasteiger partial charge in [-0.1, -0.05) is 0 Å². The first-order valence-electron chi connectivity index (χ1n) is 7.73. The fourth-order valence-corrected chi connectivity index (χ4v) is 3.50. The third kappa shape index (κ3) is 6.83. The largest absolute Gasteiger partial charge is 0.434 e. The molecule has 1 aromatic heterocycles. The third-order valence-electron chi connectivity index (χ3n) is 3.17. The van der Waals surface area contributed by atoms with E-state index in [1.807, 2.05) is 0 Å². The summed E-state index contributed by atoms with van der Waals surface area (Å²) in [5, 5.41) is 7.37. The summed E-state index contributed by atoms with van der Waals surface area (Å²) in [6, 6.07) is 6.32. The highest BCUT2D eigenvalue weighted by Gasteiger charge is 2.33. The molecule has 0 aliphatic heterocycles. The second-order valence-electron chi connectivity index (χ2n) is 5.13. The van der Waals surface area contributed by atoms with E-state index in [4.69, 9.17) is 0 Å². The minimum atomic E-state index is -4.42. The van der Waals surface area contributed by atoms with Crippen LogP contribution in [0.2, 0.25) is 0 Å². The second kappa shape index (κ2) is 9.77. The molecule has 0 saturated heterocycles. The van der Waals surface area contributed by atoms with E-state index in [1.54, 1.807) is 30.9 Å². The predicted octanol–water partition coefficient (Wildman–Crippen LogP) is 4.15.